The molecule has 0 spiro atoms. The van der Waals surface area contributed by atoms with Gasteiger partial charge in [0.25, 0.3) is 5.91 Å². The zero-order valence-corrected chi connectivity index (χ0v) is 11.9. The first kappa shape index (κ1) is 14.9. The highest BCUT2D eigenvalue weighted by Crippen LogP contribution is 2.20. The van der Waals surface area contributed by atoms with Gasteiger partial charge in [-0.1, -0.05) is 18.2 Å². The number of nitrogens with zero attached hydrogens (tertiary/aromatic N) is 1. The number of nitrogens with one attached hydrogen (secondary N) is 1. The summed E-state index contributed by atoms with van der Waals surface area (Å²) in [5.74, 6) is -0.955. The van der Waals surface area contributed by atoms with E-state index >= 15 is 0 Å². The largest absolute Gasteiger partial charge is 0.433 e. The second kappa shape index (κ2) is 6.31. The number of hydrogen-bond acceptors (Lipinski definition) is 5. The molecule has 2 aromatic rings. The molecule has 21 heavy (non-hydrogen) atoms. The molecule has 0 radical (unpaired) electrons. The van der Waals surface area contributed by atoms with Crippen LogP contribution < -0.4 is 5.32 Å². The molecule has 0 saturated carbocycles. The van der Waals surface area contributed by atoms with Gasteiger partial charge in [0.15, 0.2) is 5.76 Å². The lowest BCUT2D eigenvalue weighted by atomic mass is 10.2. The number of rotatable bonds is 5. The molecule has 0 saturated heterocycles. The van der Waals surface area contributed by atoms with E-state index in [-0.39, 0.29) is 5.76 Å². The van der Waals surface area contributed by atoms with E-state index in [1.807, 2.05) is 0 Å². The van der Waals surface area contributed by atoms with E-state index in [0.29, 0.717) is 17.0 Å². The Hall–Kier alpha value is -2.48. The predicted octanol–water partition coefficient (Wildman–Crippen LogP) is 2.32. The van der Waals surface area contributed by atoms with Gasteiger partial charge in [0.05, 0.1) is 11.8 Å². The quantitative estimate of drug-likeness (QED) is 0.674. The van der Waals surface area contributed by atoms with Crippen molar-refractivity contribution in [3.8, 4) is 0 Å². The Morgan fingerprint density at radius 3 is 2.67 bits per heavy atom. The Morgan fingerprint density at radius 2 is 2.05 bits per heavy atom. The van der Waals surface area contributed by atoms with E-state index < -0.39 is 27.5 Å². The third-order valence-electron chi connectivity index (χ3n) is 2.62. The maximum absolute atomic E-state index is 12.0. The maximum atomic E-state index is 12.0. The molecule has 1 amide bonds. The second-order valence-electron chi connectivity index (χ2n) is 4.22. The van der Waals surface area contributed by atoms with E-state index in [0.717, 1.165) is 6.07 Å². The molecule has 0 aliphatic rings. The highest BCUT2D eigenvalue weighted by atomic mass is 32.2. The zero-order valence-electron chi connectivity index (χ0n) is 11.1. The summed E-state index contributed by atoms with van der Waals surface area (Å²) in [7, 11) is -1.05. The third kappa shape index (κ3) is 3.76. The Morgan fingerprint density at radius 1 is 1.33 bits per heavy atom. The predicted molar refractivity (Wildman–Crippen MR) is 77.5 cm³/mol. The van der Waals surface area contributed by atoms with Gasteiger partial charge in [-0.3, -0.25) is 19.1 Å². The van der Waals surface area contributed by atoms with Crippen LogP contribution in [0.4, 0.5) is 11.6 Å². The van der Waals surface area contributed by atoms with Gasteiger partial charge < -0.3 is 9.73 Å². The van der Waals surface area contributed by atoms with E-state index in [4.69, 9.17) is 4.42 Å². The smallest absolute Gasteiger partial charge is 0.395 e. The summed E-state index contributed by atoms with van der Waals surface area (Å²) in [5.41, 5.74) is 1.21. The fourth-order valence-electron chi connectivity index (χ4n) is 1.72. The van der Waals surface area contributed by atoms with Crippen molar-refractivity contribution >= 4 is 28.3 Å². The van der Waals surface area contributed by atoms with Crippen molar-refractivity contribution in [1.29, 1.82) is 0 Å². The second-order valence-corrected chi connectivity index (χ2v) is 5.66. The van der Waals surface area contributed by atoms with Crippen LogP contribution in [-0.2, 0) is 16.6 Å². The van der Waals surface area contributed by atoms with Crippen LogP contribution in [0.2, 0.25) is 0 Å². The summed E-state index contributed by atoms with van der Waals surface area (Å²) in [6, 6.07) is 9.26. The molecule has 0 fully saturated rings. The first-order valence-electron chi connectivity index (χ1n) is 5.91. The fraction of sp³-hybridized carbons (Fsp3) is 0.154. The summed E-state index contributed by atoms with van der Waals surface area (Å²) in [4.78, 5) is 21.8. The van der Waals surface area contributed by atoms with E-state index in [9.17, 15) is 19.1 Å². The van der Waals surface area contributed by atoms with Crippen LogP contribution in [0.3, 0.4) is 0 Å². The van der Waals surface area contributed by atoms with E-state index in [1.165, 1.54) is 6.07 Å². The molecule has 1 heterocycles. The SMILES string of the molecule is C[S@@](=O)Cc1ccccc1NC(=O)c1ccc([N+](=O)[O-])o1. The van der Waals surface area contributed by atoms with E-state index in [2.05, 4.69) is 5.32 Å². The topological polar surface area (TPSA) is 102 Å². The van der Waals surface area contributed by atoms with Crippen molar-refractivity contribution < 1.29 is 18.3 Å². The molecule has 0 unspecified atom stereocenters. The van der Waals surface area contributed by atoms with Crippen LogP contribution in [0.15, 0.2) is 40.8 Å². The van der Waals surface area contributed by atoms with Crippen molar-refractivity contribution in [2.75, 3.05) is 11.6 Å². The Balaban J connectivity index is 2.19. The van der Waals surface area contributed by atoms with Crippen LogP contribution >= 0.6 is 0 Å². The molecule has 2 rings (SSSR count). The highest BCUT2D eigenvalue weighted by molar-refractivity contribution is 7.83. The minimum Gasteiger partial charge on any atom is -0.395 e. The summed E-state index contributed by atoms with van der Waals surface area (Å²) in [6.07, 6.45) is 1.56. The number of amides is 1. The average Bonchev–Trinajstić information content (AvgIpc) is 2.90. The minimum atomic E-state index is -1.05. The molecule has 0 aliphatic carbocycles. The molecule has 1 aromatic heterocycles. The summed E-state index contributed by atoms with van der Waals surface area (Å²) >= 11 is 0. The van der Waals surface area contributed by atoms with Gasteiger partial charge in [-0.2, -0.15) is 0 Å². The van der Waals surface area contributed by atoms with Crippen molar-refractivity contribution in [1.82, 2.24) is 0 Å². The number of hydrogen-bond donors (Lipinski definition) is 1. The number of para-hydroxylation sites is 1. The number of nitro groups is 1. The molecule has 1 aromatic carbocycles. The number of carbonyl (C=O) groups is 1. The van der Waals surface area contributed by atoms with Gasteiger partial charge in [-0.25, -0.2) is 0 Å². The molecular weight excluding hydrogens is 296 g/mol. The van der Waals surface area contributed by atoms with Gasteiger partial charge in [-0.15, -0.1) is 0 Å². The first-order chi connectivity index (χ1) is 9.97. The molecule has 110 valence electrons. The maximum Gasteiger partial charge on any atom is 0.433 e. The molecular formula is C13H12N2O5S. The summed E-state index contributed by atoms with van der Waals surface area (Å²) in [5, 5.41) is 13.1. The summed E-state index contributed by atoms with van der Waals surface area (Å²) in [6.45, 7) is 0. The standard InChI is InChI=1S/C13H12N2O5S/c1-21(19)8-9-4-2-3-5-10(9)14-13(16)11-6-7-12(20-11)15(17)18/h2-7H,8H2,1H3,(H,14,16)/t21-/m1/s1. The normalized spacial score (nSPS) is 11.9. The average molecular weight is 308 g/mol. The highest BCUT2D eigenvalue weighted by Gasteiger charge is 2.18. The van der Waals surface area contributed by atoms with Gasteiger partial charge in [0.1, 0.15) is 4.92 Å². The number of furan rings is 1. The van der Waals surface area contributed by atoms with Crippen LogP contribution in [0.25, 0.3) is 0 Å². The van der Waals surface area contributed by atoms with Crippen LogP contribution in [-0.4, -0.2) is 21.3 Å². The number of anilines is 1. The molecule has 7 nitrogen and oxygen atoms in total. The monoisotopic (exact) mass is 308 g/mol. The molecule has 0 aliphatic heterocycles. The molecule has 8 heteroatoms. The van der Waals surface area contributed by atoms with Crippen LogP contribution in [0, 0.1) is 10.1 Å². The van der Waals surface area contributed by atoms with Gasteiger partial charge in [-0.05, 0) is 17.7 Å². The van der Waals surface area contributed by atoms with Crippen molar-refractivity contribution in [3.63, 3.8) is 0 Å². The Bertz CT molecular complexity index is 710. The molecule has 0 bridgehead atoms. The minimum absolute atomic E-state index is 0.158. The molecule has 1 atom stereocenters. The lowest BCUT2D eigenvalue weighted by molar-refractivity contribution is -0.402. The van der Waals surface area contributed by atoms with Crippen molar-refractivity contribution in [2.45, 2.75) is 5.75 Å². The van der Waals surface area contributed by atoms with Crippen LogP contribution in [0.1, 0.15) is 16.1 Å². The zero-order chi connectivity index (χ0) is 15.4. The van der Waals surface area contributed by atoms with Gasteiger partial charge in [0, 0.05) is 22.7 Å². The first-order valence-corrected chi connectivity index (χ1v) is 7.63. The van der Waals surface area contributed by atoms with Crippen molar-refractivity contribution in [3.05, 3.63) is 57.8 Å². The fourth-order valence-corrected chi connectivity index (χ4v) is 2.41. The number of carbonyl (C=O) groups excluding carboxylic acids is 1. The Labute approximate surface area is 122 Å². The van der Waals surface area contributed by atoms with Crippen molar-refractivity contribution in [2.24, 2.45) is 0 Å². The van der Waals surface area contributed by atoms with Gasteiger partial charge in [0.2, 0.25) is 0 Å². The lowest BCUT2D eigenvalue weighted by Crippen LogP contribution is -2.12. The molecule has 1 N–H and O–H groups in total. The summed E-state index contributed by atoms with van der Waals surface area (Å²) < 4.78 is 16.1. The van der Waals surface area contributed by atoms with Crippen LogP contribution in [0.5, 0.6) is 0 Å². The third-order valence-corrected chi connectivity index (χ3v) is 3.34. The lowest BCUT2D eigenvalue weighted by Gasteiger charge is -2.08. The van der Waals surface area contributed by atoms with E-state index in [1.54, 1.807) is 30.5 Å². The van der Waals surface area contributed by atoms with Gasteiger partial charge >= 0.3 is 5.88 Å². The number of benzene rings is 1. The Kier molecular flexibility index (Phi) is 4.49.